The number of rotatable bonds is 15. The lowest BCUT2D eigenvalue weighted by atomic mass is 9.92. The summed E-state index contributed by atoms with van der Waals surface area (Å²) >= 11 is 11.9. The zero-order chi connectivity index (χ0) is 44.8. The molecule has 6 aromatic carbocycles. The third-order valence-electron chi connectivity index (χ3n) is 11.0. The van der Waals surface area contributed by atoms with E-state index in [0.717, 1.165) is 57.3 Å². The van der Waals surface area contributed by atoms with E-state index in [9.17, 15) is 0 Å². The fourth-order valence-corrected chi connectivity index (χ4v) is 7.54. The van der Waals surface area contributed by atoms with Gasteiger partial charge in [-0.1, -0.05) is 201 Å². The number of benzene rings is 6. The summed E-state index contributed by atoms with van der Waals surface area (Å²) in [6.07, 6.45) is 13.1. The van der Waals surface area contributed by atoms with E-state index in [1.165, 1.54) is 64.9 Å². The third-order valence-corrected chi connectivity index (χ3v) is 11.5. The molecule has 0 radical (unpaired) electrons. The van der Waals surface area contributed by atoms with Gasteiger partial charge >= 0.3 is 0 Å². The number of hydrogen-bond acceptors (Lipinski definition) is 2. The van der Waals surface area contributed by atoms with Crippen LogP contribution in [0.4, 0.5) is 0 Å². The van der Waals surface area contributed by atoms with Gasteiger partial charge in [-0.05, 0) is 156 Å². The van der Waals surface area contributed by atoms with Crippen molar-refractivity contribution in [2.24, 2.45) is 11.7 Å². The van der Waals surface area contributed by atoms with Crippen molar-refractivity contribution < 1.29 is 0 Å². The Bertz CT molecular complexity index is 2400. The minimum Gasteiger partial charge on any atom is -0.330 e. The second-order valence-corrected chi connectivity index (χ2v) is 16.8. The minimum absolute atomic E-state index is 0.337. The molecule has 1 aliphatic rings. The molecule has 0 spiro atoms. The Hall–Kier alpha value is -5.74. The first-order valence-corrected chi connectivity index (χ1v) is 22.7. The molecule has 1 saturated heterocycles. The van der Waals surface area contributed by atoms with Gasteiger partial charge in [0, 0.05) is 16.6 Å². The summed E-state index contributed by atoms with van der Waals surface area (Å²) in [6, 6.07) is 55.6. The van der Waals surface area contributed by atoms with Gasteiger partial charge in [-0.2, -0.15) is 0 Å². The summed E-state index contributed by atoms with van der Waals surface area (Å²) < 4.78 is 0. The molecule has 2 N–H and O–H groups in total. The summed E-state index contributed by atoms with van der Waals surface area (Å²) in [6.45, 7) is 20.9. The molecular formula is C59H62Cl2N2. The second kappa shape index (κ2) is 26.0. The van der Waals surface area contributed by atoms with E-state index in [1.807, 2.05) is 66.7 Å². The van der Waals surface area contributed by atoms with Crippen LogP contribution in [0.5, 0.6) is 0 Å². The summed E-state index contributed by atoms with van der Waals surface area (Å²) in [5.74, 6) is 0.337. The zero-order valence-electron chi connectivity index (χ0n) is 37.0. The van der Waals surface area contributed by atoms with E-state index >= 15 is 0 Å². The molecular weight excluding hydrogens is 808 g/mol. The molecule has 7 rings (SSSR count). The zero-order valence-corrected chi connectivity index (χ0v) is 38.5. The van der Waals surface area contributed by atoms with Crippen LogP contribution in [0.2, 0.25) is 10.0 Å². The summed E-state index contributed by atoms with van der Waals surface area (Å²) in [5.41, 5.74) is 20.0. The summed E-state index contributed by atoms with van der Waals surface area (Å²) in [7, 11) is 0. The Morgan fingerprint density at radius 3 is 1.40 bits per heavy atom. The number of nitrogens with two attached hydrogens (primary N) is 1. The Balaban J connectivity index is 0.000000180. The lowest BCUT2D eigenvalue weighted by Crippen LogP contribution is -2.20. The molecule has 2 nitrogen and oxygen atoms in total. The van der Waals surface area contributed by atoms with E-state index in [-0.39, 0.29) is 0 Å². The Labute approximate surface area is 388 Å². The Morgan fingerprint density at radius 2 is 0.968 bits per heavy atom. The summed E-state index contributed by atoms with van der Waals surface area (Å²) in [4.78, 5) is 2.54. The molecule has 1 fully saturated rings. The minimum atomic E-state index is 0.337. The normalized spacial score (nSPS) is 13.5. The van der Waals surface area contributed by atoms with E-state index in [0.29, 0.717) is 12.5 Å². The summed E-state index contributed by atoms with van der Waals surface area (Å²) in [5, 5.41) is 1.51. The van der Waals surface area contributed by atoms with Gasteiger partial charge in [0.1, 0.15) is 0 Å². The van der Waals surface area contributed by atoms with Gasteiger partial charge in [0.2, 0.25) is 0 Å². The van der Waals surface area contributed by atoms with Crippen LogP contribution in [0.1, 0.15) is 71.6 Å². The topological polar surface area (TPSA) is 29.3 Å². The Morgan fingerprint density at radius 1 is 0.571 bits per heavy atom. The number of aryl methyl sites for hydroxylation is 1. The highest BCUT2D eigenvalue weighted by atomic mass is 35.5. The average molecular weight is 870 g/mol. The van der Waals surface area contributed by atoms with E-state index in [1.54, 1.807) is 0 Å². The molecule has 322 valence electrons. The molecule has 63 heavy (non-hydrogen) atoms. The van der Waals surface area contributed by atoms with Gasteiger partial charge in [-0.3, -0.25) is 0 Å². The van der Waals surface area contributed by atoms with Crippen LogP contribution in [-0.2, 0) is 0 Å². The molecule has 1 aliphatic heterocycles. The SMILES string of the molecule is C=C(CCN)/C(=C\c1ccc(Cl)cc1)c1ccccc1.C=C(CCN1CCCC1)/C(=C\c1ccc(Cl)cc1)c1ccccc1.C=CC(C)/C(=C/c1ccc(C)cc1)c1ccccc1. The van der Waals surface area contributed by atoms with Crippen LogP contribution in [0, 0.1) is 12.8 Å². The molecule has 4 heteroatoms. The molecule has 6 aromatic rings. The van der Waals surface area contributed by atoms with Gasteiger partial charge in [0.25, 0.3) is 0 Å². The van der Waals surface area contributed by atoms with Crippen molar-refractivity contribution in [3.63, 3.8) is 0 Å². The number of nitrogens with zero attached hydrogens (tertiary/aromatic N) is 1. The van der Waals surface area contributed by atoms with Crippen molar-refractivity contribution in [1.29, 1.82) is 0 Å². The second-order valence-electron chi connectivity index (χ2n) is 15.9. The fourth-order valence-electron chi connectivity index (χ4n) is 7.29. The highest BCUT2D eigenvalue weighted by Crippen LogP contribution is 2.30. The molecule has 0 bridgehead atoms. The smallest absolute Gasteiger partial charge is 0.0406 e. The maximum atomic E-state index is 6.01. The molecule has 1 heterocycles. The lowest BCUT2D eigenvalue weighted by molar-refractivity contribution is 0.344. The molecule has 0 amide bonds. The Kier molecular flexibility index (Phi) is 19.9. The van der Waals surface area contributed by atoms with Crippen molar-refractivity contribution in [3.8, 4) is 0 Å². The van der Waals surface area contributed by atoms with Crippen molar-refractivity contribution in [3.05, 3.63) is 250 Å². The number of halogens is 2. The van der Waals surface area contributed by atoms with Crippen LogP contribution >= 0.6 is 23.2 Å². The standard InChI is InChI=1S/C22H24ClN.C19H20.C18H18ClN/c1-18(13-16-24-14-5-6-15-24)22(20-7-3-2-4-8-20)17-19-9-11-21(23)12-10-19;1-4-16(3)19(18-8-6-5-7-9-18)14-17-12-10-15(2)11-13-17;1-14(11-12-20)18(16-5-3-2-4-6-16)13-15-7-9-17(19)10-8-15/h2-4,7-12,17H,1,5-6,13-16H2;4-14,16H,1H2,2-3H3;2-10,13H,1,11-12,20H2/b22-17+;19-14-;18-13+. The van der Waals surface area contributed by atoms with Crippen LogP contribution in [0.3, 0.4) is 0 Å². The maximum Gasteiger partial charge on any atom is 0.0406 e. The number of likely N-dealkylation sites (tertiary alicyclic amines) is 1. The highest BCUT2D eigenvalue weighted by molar-refractivity contribution is 6.30. The van der Waals surface area contributed by atoms with Gasteiger partial charge < -0.3 is 10.6 Å². The number of hydrogen-bond donors (Lipinski definition) is 1. The van der Waals surface area contributed by atoms with E-state index in [2.05, 4.69) is 160 Å². The average Bonchev–Trinajstić information content (AvgIpc) is 3.85. The number of allylic oxidation sites excluding steroid dienone is 4. The van der Waals surface area contributed by atoms with Gasteiger partial charge in [0.15, 0.2) is 0 Å². The third kappa shape index (κ3) is 16.2. The van der Waals surface area contributed by atoms with Crippen molar-refractivity contribution in [1.82, 2.24) is 4.90 Å². The van der Waals surface area contributed by atoms with Gasteiger partial charge in [-0.15, -0.1) is 6.58 Å². The first-order valence-electron chi connectivity index (χ1n) is 21.9. The van der Waals surface area contributed by atoms with Crippen molar-refractivity contribution >= 4 is 58.1 Å². The van der Waals surface area contributed by atoms with Crippen molar-refractivity contribution in [2.75, 3.05) is 26.2 Å². The molecule has 0 aliphatic carbocycles. The molecule has 1 atom stereocenters. The monoisotopic (exact) mass is 868 g/mol. The van der Waals surface area contributed by atoms with E-state index in [4.69, 9.17) is 28.9 Å². The molecule has 1 unspecified atom stereocenters. The van der Waals surface area contributed by atoms with Crippen LogP contribution in [0.15, 0.2) is 201 Å². The van der Waals surface area contributed by atoms with Crippen LogP contribution in [0.25, 0.3) is 34.9 Å². The lowest BCUT2D eigenvalue weighted by Gasteiger charge is -2.17. The molecule has 0 saturated carbocycles. The van der Waals surface area contributed by atoms with Gasteiger partial charge in [-0.25, -0.2) is 0 Å². The first-order chi connectivity index (χ1) is 30.6. The van der Waals surface area contributed by atoms with Crippen LogP contribution < -0.4 is 5.73 Å². The first kappa shape index (κ1) is 48.3. The molecule has 0 aromatic heterocycles. The predicted molar refractivity (Wildman–Crippen MR) is 279 cm³/mol. The predicted octanol–water partition coefficient (Wildman–Crippen LogP) is 16.1. The van der Waals surface area contributed by atoms with E-state index < -0.39 is 0 Å². The highest BCUT2D eigenvalue weighted by Gasteiger charge is 2.14. The fraction of sp³-hybridized carbons (Fsp3) is 0.186. The van der Waals surface area contributed by atoms with Gasteiger partial charge in [0.05, 0.1) is 0 Å². The van der Waals surface area contributed by atoms with Crippen molar-refractivity contribution in [2.45, 2.75) is 39.5 Å². The quantitative estimate of drug-likeness (QED) is 0.0633. The van der Waals surface area contributed by atoms with Crippen LogP contribution in [-0.4, -0.2) is 31.1 Å². The largest absolute Gasteiger partial charge is 0.330 e. The maximum absolute atomic E-state index is 6.01.